The van der Waals surface area contributed by atoms with E-state index in [1.165, 1.54) is 6.33 Å². The number of aliphatic carboxylic acids is 1. The Morgan fingerprint density at radius 2 is 2.22 bits per heavy atom. The van der Waals surface area contributed by atoms with E-state index in [9.17, 15) is 9.59 Å². The van der Waals surface area contributed by atoms with E-state index < -0.39 is 18.2 Å². The van der Waals surface area contributed by atoms with Gasteiger partial charge >= 0.3 is 5.97 Å². The predicted octanol–water partition coefficient (Wildman–Crippen LogP) is -0.275. The minimum absolute atomic E-state index is 0.277. The fourth-order valence-corrected chi connectivity index (χ4v) is 1.73. The first-order valence-corrected chi connectivity index (χ1v) is 5.57. The zero-order valence-electron chi connectivity index (χ0n) is 9.57. The number of carbonyl (C=O) groups excluding carboxylic acids is 1. The fraction of sp³-hybridized carbons (Fsp3) is 0.455. The number of hydrogen-bond donors (Lipinski definition) is 2. The monoisotopic (exact) mass is 251 g/mol. The molecule has 2 atom stereocenters. The van der Waals surface area contributed by atoms with Crippen LogP contribution in [0.1, 0.15) is 18.5 Å². The molecule has 1 amide bonds. The van der Waals surface area contributed by atoms with Crippen LogP contribution in [0.2, 0.25) is 0 Å². The first-order chi connectivity index (χ1) is 8.66. The Bertz CT molecular complexity index is 437. The molecule has 1 aliphatic rings. The third kappa shape index (κ3) is 3.01. The lowest BCUT2D eigenvalue weighted by atomic mass is 10.2. The van der Waals surface area contributed by atoms with Gasteiger partial charge in [-0.1, -0.05) is 0 Å². The summed E-state index contributed by atoms with van der Waals surface area (Å²) in [5.74, 6) is -1.33. The summed E-state index contributed by atoms with van der Waals surface area (Å²) in [6, 6.07) is 1.69. The quantitative estimate of drug-likeness (QED) is 0.763. The minimum Gasteiger partial charge on any atom is -0.479 e. The smallest absolute Gasteiger partial charge is 0.332 e. The third-order valence-electron chi connectivity index (χ3n) is 2.67. The van der Waals surface area contributed by atoms with Crippen molar-refractivity contribution in [2.75, 3.05) is 0 Å². The van der Waals surface area contributed by atoms with E-state index in [0.717, 1.165) is 0 Å². The first-order valence-electron chi connectivity index (χ1n) is 5.57. The average molecular weight is 251 g/mol. The molecule has 1 saturated heterocycles. The molecule has 1 aromatic heterocycles. The first kappa shape index (κ1) is 12.4. The largest absolute Gasteiger partial charge is 0.479 e. The van der Waals surface area contributed by atoms with Crippen molar-refractivity contribution in [3.8, 4) is 0 Å². The van der Waals surface area contributed by atoms with Crippen LogP contribution >= 0.6 is 0 Å². The Hall–Kier alpha value is -2.02. The molecule has 0 saturated carbocycles. The molecule has 0 aliphatic carbocycles. The van der Waals surface area contributed by atoms with E-state index in [2.05, 4.69) is 15.3 Å². The number of rotatable bonds is 4. The van der Waals surface area contributed by atoms with Crippen molar-refractivity contribution in [3.05, 3.63) is 24.3 Å². The number of carboxylic acid groups (broad SMARTS) is 1. The predicted molar refractivity (Wildman–Crippen MR) is 59.4 cm³/mol. The maximum absolute atomic E-state index is 11.7. The van der Waals surface area contributed by atoms with Gasteiger partial charge in [0.25, 0.3) is 0 Å². The van der Waals surface area contributed by atoms with E-state index in [-0.39, 0.29) is 12.5 Å². The van der Waals surface area contributed by atoms with Crippen LogP contribution in [0.3, 0.4) is 0 Å². The summed E-state index contributed by atoms with van der Waals surface area (Å²) in [7, 11) is 0. The molecule has 96 valence electrons. The van der Waals surface area contributed by atoms with E-state index in [4.69, 9.17) is 9.84 Å². The Labute approximate surface area is 103 Å². The van der Waals surface area contributed by atoms with E-state index in [0.29, 0.717) is 18.5 Å². The molecule has 7 nitrogen and oxygen atoms in total. The molecule has 0 spiro atoms. The lowest BCUT2D eigenvalue weighted by Crippen LogP contribution is -2.35. The molecule has 0 aromatic carbocycles. The molecular formula is C11H13N3O4. The second-order valence-electron chi connectivity index (χ2n) is 3.95. The Kier molecular flexibility index (Phi) is 3.83. The molecule has 0 bridgehead atoms. The molecule has 0 radical (unpaired) electrons. The molecule has 2 heterocycles. The van der Waals surface area contributed by atoms with Crippen molar-refractivity contribution in [2.45, 2.75) is 31.6 Å². The number of amides is 1. The van der Waals surface area contributed by atoms with Crippen molar-refractivity contribution < 1.29 is 19.4 Å². The van der Waals surface area contributed by atoms with E-state index in [1.54, 1.807) is 12.3 Å². The van der Waals surface area contributed by atoms with Gasteiger partial charge < -0.3 is 15.2 Å². The highest BCUT2D eigenvalue weighted by molar-refractivity contribution is 5.82. The third-order valence-corrected chi connectivity index (χ3v) is 2.67. The van der Waals surface area contributed by atoms with E-state index in [1.807, 2.05) is 0 Å². The van der Waals surface area contributed by atoms with Gasteiger partial charge in [0, 0.05) is 6.20 Å². The molecule has 1 aromatic rings. The zero-order valence-corrected chi connectivity index (χ0v) is 9.57. The number of hydrogen-bond acceptors (Lipinski definition) is 5. The molecule has 7 heteroatoms. The van der Waals surface area contributed by atoms with Gasteiger partial charge in [0.15, 0.2) is 6.10 Å². The van der Waals surface area contributed by atoms with Gasteiger partial charge in [0.1, 0.15) is 12.4 Å². The number of carbonyl (C=O) groups is 2. The normalized spacial score (nSPS) is 22.7. The van der Waals surface area contributed by atoms with Crippen molar-refractivity contribution >= 4 is 11.9 Å². The van der Waals surface area contributed by atoms with Crippen LogP contribution in [0.4, 0.5) is 0 Å². The van der Waals surface area contributed by atoms with Crippen molar-refractivity contribution in [2.24, 2.45) is 0 Å². The summed E-state index contributed by atoms with van der Waals surface area (Å²) in [6.45, 7) is 0.277. The maximum atomic E-state index is 11.7. The van der Waals surface area contributed by atoms with Crippen molar-refractivity contribution in [3.63, 3.8) is 0 Å². The van der Waals surface area contributed by atoms with Gasteiger partial charge in [-0.2, -0.15) is 0 Å². The molecule has 2 rings (SSSR count). The molecule has 2 unspecified atom stereocenters. The Balaban J connectivity index is 1.81. The van der Waals surface area contributed by atoms with Gasteiger partial charge in [-0.15, -0.1) is 0 Å². The number of ether oxygens (including phenoxy) is 1. The highest BCUT2D eigenvalue weighted by Crippen LogP contribution is 2.19. The van der Waals surface area contributed by atoms with Crippen molar-refractivity contribution in [1.82, 2.24) is 15.3 Å². The molecule has 2 N–H and O–H groups in total. The van der Waals surface area contributed by atoms with Gasteiger partial charge in [-0.05, 0) is 18.9 Å². The number of carboxylic acids is 1. The van der Waals surface area contributed by atoms with Gasteiger partial charge in [0.05, 0.1) is 12.2 Å². The number of aromatic nitrogens is 2. The van der Waals surface area contributed by atoms with Crippen LogP contribution in [0.5, 0.6) is 0 Å². The molecule has 1 aliphatic heterocycles. The summed E-state index contributed by atoms with van der Waals surface area (Å²) in [4.78, 5) is 30.1. The summed E-state index contributed by atoms with van der Waals surface area (Å²) < 4.78 is 5.13. The number of nitrogens with one attached hydrogen (secondary N) is 1. The van der Waals surface area contributed by atoms with Gasteiger partial charge in [0.2, 0.25) is 5.91 Å². The highest BCUT2D eigenvalue weighted by Gasteiger charge is 2.34. The number of nitrogens with zero attached hydrogens (tertiary/aromatic N) is 2. The van der Waals surface area contributed by atoms with Crippen LogP contribution in [-0.2, 0) is 20.9 Å². The maximum Gasteiger partial charge on any atom is 0.332 e. The minimum atomic E-state index is -1.03. The van der Waals surface area contributed by atoms with Crippen LogP contribution in [-0.4, -0.2) is 39.2 Å². The standard InChI is InChI=1S/C11H13N3O4/c15-10(8-1-2-9(18-8)11(16)17)13-5-7-3-4-12-6-14-7/h3-4,6,8-9H,1-2,5H2,(H,13,15)(H,16,17). The topological polar surface area (TPSA) is 101 Å². The SMILES string of the molecule is O=C(O)C1CCC(C(=O)NCc2ccncn2)O1. The summed E-state index contributed by atoms with van der Waals surface area (Å²) in [5.41, 5.74) is 0.686. The summed E-state index contributed by atoms with van der Waals surface area (Å²) in [5, 5.41) is 11.4. The van der Waals surface area contributed by atoms with Gasteiger partial charge in [-0.25, -0.2) is 14.8 Å². The second-order valence-corrected chi connectivity index (χ2v) is 3.95. The van der Waals surface area contributed by atoms with Crippen LogP contribution in [0, 0.1) is 0 Å². The van der Waals surface area contributed by atoms with Crippen LogP contribution in [0.15, 0.2) is 18.6 Å². The molecular weight excluding hydrogens is 238 g/mol. The Morgan fingerprint density at radius 3 is 2.83 bits per heavy atom. The second kappa shape index (κ2) is 5.54. The molecule has 1 fully saturated rings. The Morgan fingerprint density at radius 1 is 1.44 bits per heavy atom. The van der Waals surface area contributed by atoms with Crippen molar-refractivity contribution in [1.29, 1.82) is 0 Å². The van der Waals surface area contributed by atoms with Crippen LogP contribution in [0.25, 0.3) is 0 Å². The average Bonchev–Trinajstić information content (AvgIpc) is 2.87. The summed E-state index contributed by atoms with van der Waals surface area (Å²) >= 11 is 0. The molecule has 18 heavy (non-hydrogen) atoms. The summed E-state index contributed by atoms with van der Waals surface area (Å²) in [6.07, 6.45) is 2.20. The lowest BCUT2D eigenvalue weighted by molar-refractivity contribution is -0.151. The lowest BCUT2D eigenvalue weighted by Gasteiger charge is -2.11. The van der Waals surface area contributed by atoms with Gasteiger partial charge in [-0.3, -0.25) is 4.79 Å². The highest BCUT2D eigenvalue weighted by atomic mass is 16.5. The fourth-order valence-electron chi connectivity index (χ4n) is 1.73. The van der Waals surface area contributed by atoms with Crippen LogP contribution < -0.4 is 5.32 Å². The van der Waals surface area contributed by atoms with E-state index >= 15 is 0 Å². The zero-order chi connectivity index (χ0) is 13.0.